The molecule has 0 saturated heterocycles. The van der Waals surface area contributed by atoms with E-state index in [1.54, 1.807) is 22.9 Å². The molecule has 0 unspecified atom stereocenters. The van der Waals surface area contributed by atoms with Crippen LogP contribution in [0.4, 0.5) is 0 Å². The second kappa shape index (κ2) is 9.29. The molecule has 1 N–H and O–H groups in total. The number of nitrogens with zero attached hydrogens (tertiary/aromatic N) is 2. The summed E-state index contributed by atoms with van der Waals surface area (Å²) in [6.45, 7) is 1.63. The van der Waals surface area contributed by atoms with Crippen molar-refractivity contribution in [3.05, 3.63) is 96.6 Å². The van der Waals surface area contributed by atoms with Gasteiger partial charge in [0.25, 0.3) is 0 Å². The van der Waals surface area contributed by atoms with Gasteiger partial charge in [0, 0.05) is 17.3 Å². The minimum atomic E-state index is -3.91. The number of ether oxygens (including phenoxy) is 1. The van der Waals surface area contributed by atoms with Gasteiger partial charge in [-0.2, -0.15) is 5.10 Å². The first-order valence-corrected chi connectivity index (χ1v) is 12.6. The van der Waals surface area contributed by atoms with Crippen LogP contribution in [0, 0.1) is 0 Å². The second-order valence-corrected chi connectivity index (χ2v) is 9.89. The highest BCUT2D eigenvalue weighted by Crippen LogP contribution is 2.34. The van der Waals surface area contributed by atoms with Crippen molar-refractivity contribution in [1.82, 2.24) is 15.1 Å². The van der Waals surface area contributed by atoms with Crippen LogP contribution in [0.2, 0.25) is 0 Å². The first-order valence-electron chi connectivity index (χ1n) is 11.1. The average molecular weight is 472 g/mol. The largest absolute Gasteiger partial charge is 0.492 e. The van der Waals surface area contributed by atoms with Gasteiger partial charge in [0.05, 0.1) is 17.0 Å². The van der Waals surface area contributed by atoms with Crippen molar-refractivity contribution < 1.29 is 13.2 Å². The number of nitrogens with one attached hydrogen (secondary N) is 1. The highest BCUT2D eigenvalue weighted by Gasteiger charge is 2.27. The predicted octanol–water partition coefficient (Wildman–Crippen LogP) is 4.67. The summed E-state index contributed by atoms with van der Waals surface area (Å²) < 4.78 is 35.5. The fraction of sp³-hybridized carbons (Fsp3) is 0.148. The molecule has 0 fully saturated rings. The van der Waals surface area contributed by atoms with E-state index in [4.69, 9.17) is 4.74 Å². The van der Waals surface area contributed by atoms with Crippen molar-refractivity contribution in [1.29, 1.82) is 0 Å². The number of sulfone groups is 1. The van der Waals surface area contributed by atoms with Gasteiger partial charge in [-0.15, -0.1) is 0 Å². The van der Waals surface area contributed by atoms with Crippen LogP contribution in [0.5, 0.6) is 5.75 Å². The Morgan fingerprint density at radius 3 is 2.47 bits per heavy atom. The van der Waals surface area contributed by atoms with Gasteiger partial charge in [0.1, 0.15) is 12.4 Å². The van der Waals surface area contributed by atoms with Gasteiger partial charge in [0.2, 0.25) is 9.84 Å². The van der Waals surface area contributed by atoms with Crippen molar-refractivity contribution >= 4 is 31.5 Å². The van der Waals surface area contributed by atoms with Gasteiger partial charge < -0.3 is 10.1 Å². The number of hydrogen-bond acceptors (Lipinski definition) is 5. The van der Waals surface area contributed by atoms with Crippen LogP contribution >= 0.6 is 0 Å². The van der Waals surface area contributed by atoms with Gasteiger partial charge in [-0.05, 0) is 42.3 Å². The highest BCUT2D eigenvalue weighted by molar-refractivity contribution is 7.91. The molecule has 0 aliphatic heterocycles. The van der Waals surface area contributed by atoms with Crippen LogP contribution < -0.4 is 10.1 Å². The Kier molecular flexibility index (Phi) is 6.04. The van der Waals surface area contributed by atoms with Crippen LogP contribution in [-0.4, -0.2) is 38.4 Å². The van der Waals surface area contributed by atoms with E-state index in [9.17, 15) is 8.42 Å². The summed E-state index contributed by atoms with van der Waals surface area (Å²) in [5.74, 6) is 0.608. The molecule has 34 heavy (non-hydrogen) atoms. The summed E-state index contributed by atoms with van der Waals surface area (Å²) in [5.41, 5.74) is 1.78. The highest BCUT2D eigenvalue weighted by atomic mass is 32.2. The molecule has 0 atom stereocenters. The molecule has 0 radical (unpaired) electrons. The minimum absolute atomic E-state index is 0.0360. The van der Waals surface area contributed by atoms with Crippen LogP contribution in [0.1, 0.15) is 5.56 Å². The summed E-state index contributed by atoms with van der Waals surface area (Å²) in [7, 11) is -2.05. The monoisotopic (exact) mass is 471 g/mol. The fourth-order valence-corrected chi connectivity index (χ4v) is 5.70. The van der Waals surface area contributed by atoms with Crippen LogP contribution in [0.3, 0.4) is 0 Å². The lowest BCUT2D eigenvalue weighted by molar-refractivity contribution is 0.319. The molecule has 6 nitrogen and oxygen atoms in total. The summed E-state index contributed by atoms with van der Waals surface area (Å²) in [5, 5.41) is 9.81. The van der Waals surface area contributed by atoms with Crippen LogP contribution in [0.15, 0.2) is 101 Å². The zero-order chi connectivity index (χ0) is 23.5. The van der Waals surface area contributed by atoms with Gasteiger partial charge in [-0.25, -0.2) is 8.42 Å². The first-order chi connectivity index (χ1) is 16.6. The van der Waals surface area contributed by atoms with Crippen molar-refractivity contribution in [2.45, 2.75) is 16.5 Å². The summed E-state index contributed by atoms with van der Waals surface area (Å²) in [6, 6.07) is 28.2. The van der Waals surface area contributed by atoms with Crippen LogP contribution in [0.25, 0.3) is 21.7 Å². The summed E-state index contributed by atoms with van der Waals surface area (Å²) in [4.78, 5) is 0.248. The Labute approximate surface area is 198 Å². The van der Waals surface area contributed by atoms with Gasteiger partial charge in [0.15, 0.2) is 5.03 Å². The topological polar surface area (TPSA) is 73.2 Å². The number of rotatable bonds is 8. The third-order valence-electron chi connectivity index (χ3n) is 5.78. The van der Waals surface area contributed by atoms with E-state index in [2.05, 4.69) is 10.4 Å². The maximum Gasteiger partial charge on any atom is 0.226 e. The van der Waals surface area contributed by atoms with Gasteiger partial charge >= 0.3 is 0 Å². The van der Waals surface area contributed by atoms with E-state index < -0.39 is 9.84 Å². The summed E-state index contributed by atoms with van der Waals surface area (Å²) >= 11 is 0. The molecule has 5 aromatic rings. The van der Waals surface area contributed by atoms with Crippen molar-refractivity contribution in [3.8, 4) is 5.75 Å². The molecular weight excluding hydrogens is 446 g/mol. The van der Waals surface area contributed by atoms with Crippen molar-refractivity contribution in [3.63, 3.8) is 0 Å². The minimum Gasteiger partial charge on any atom is -0.492 e. The molecule has 172 valence electrons. The molecule has 0 spiro atoms. The molecule has 7 heteroatoms. The first kappa shape index (κ1) is 22.1. The maximum absolute atomic E-state index is 14.0. The number of benzene rings is 4. The normalized spacial score (nSPS) is 11.8. The molecule has 4 aromatic carbocycles. The molecular formula is C27H25N3O3S. The summed E-state index contributed by atoms with van der Waals surface area (Å²) in [6.07, 6.45) is 0. The fourth-order valence-electron chi connectivity index (χ4n) is 4.10. The molecule has 1 heterocycles. The molecule has 5 rings (SSSR count). The lowest BCUT2D eigenvalue weighted by Gasteiger charge is -2.08. The third-order valence-corrected chi connectivity index (χ3v) is 7.52. The van der Waals surface area contributed by atoms with E-state index in [-0.39, 0.29) is 9.92 Å². The van der Waals surface area contributed by atoms with Gasteiger partial charge in [-0.3, -0.25) is 4.68 Å². The SMILES string of the molecule is CNCCOc1ccc2c(c1)c(S(=O)(=O)c1cccc3ccccc13)nn2Cc1ccccc1. The lowest BCUT2D eigenvalue weighted by atomic mass is 10.1. The molecule has 0 saturated carbocycles. The Balaban J connectivity index is 1.68. The van der Waals surface area contributed by atoms with Crippen molar-refractivity contribution in [2.75, 3.05) is 20.2 Å². The smallest absolute Gasteiger partial charge is 0.226 e. The van der Waals surface area contributed by atoms with Gasteiger partial charge in [-0.1, -0.05) is 66.7 Å². The van der Waals surface area contributed by atoms with E-state index in [0.717, 1.165) is 16.5 Å². The van der Waals surface area contributed by atoms with E-state index in [1.807, 2.05) is 79.8 Å². The number of hydrogen-bond donors (Lipinski definition) is 1. The lowest BCUT2D eigenvalue weighted by Crippen LogP contribution is -2.15. The third kappa shape index (κ3) is 4.16. The Hall–Kier alpha value is -3.68. The van der Waals surface area contributed by atoms with E-state index >= 15 is 0 Å². The second-order valence-electron chi connectivity index (χ2n) is 8.06. The Bertz CT molecular complexity index is 1560. The predicted molar refractivity (Wildman–Crippen MR) is 134 cm³/mol. The maximum atomic E-state index is 14.0. The molecule has 0 amide bonds. The standard InChI is InChI=1S/C27H25N3O3S/c1-28-16-17-33-22-14-15-25-24(18-22)27(29-30(25)19-20-8-3-2-4-9-20)34(31,32)26-13-7-11-21-10-5-6-12-23(21)26/h2-15,18,28H,16-17,19H2,1H3. The number of aromatic nitrogens is 2. The Morgan fingerprint density at radius 2 is 1.65 bits per heavy atom. The Morgan fingerprint density at radius 1 is 0.882 bits per heavy atom. The zero-order valence-electron chi connectivity index (χ0n) is 18.8. The average Bonchev–Trinajstić information content (AvgIpc) is 3.23. The number of fused-ring (bicyclic) bond motifs is 2. The van der Waals surface area contributed by atoms with Crippen molar-refractivity contribution in [2.24, 2.45) is 0 Å². The quantitative estimate of drug-likeness (QED) is 0.333. The molecule has 0 aliphatic carbocycles. The molecule has 0 aliphatic rings. The van der Waals surface area contributed by atoms with E-state index in [0.29, 0.717) is 36.2 Å². The molecule has 1 aromatic heterocycles. The zero-order valence-corrected chi connectivity index (χ0v) is 19.6. The number of likely N-dealkylation sites (N-methyl/N-ethyl adjacent to an activating group) is 1. The molecule has 0 bridgehead atoms. The van der Waals surface area contributed by atoms with E-state index in [1.165, 1.54) is 0 Å². The van der Waals surface area contributed by atoms with Crippen LogP contribution in [-0.2, 0) is 16.4 Å².